The van der Waals surface area contributed by atoms with Crippen molar-refractivity contribution in [3.8, 4) is 0 Å². The minimum Gasteiger partial charge on any atom is -0.376 e. The van der Waals surface area contributed by atoms with Crippen LogP contribution in [0.1, 0.15) is 59.3 Å². The molecule has 0 aromatic carbocycles. The molecule has 0 bridgehead atoms. The Balaban J connectivity index is 1.77. The van der Waals surface area contributed by atoms with Gasteiger partial charge in [-0.25, -0.2) is 4.79 Å². The van der Waals surface area contributed by atoms with Crippen molar-refractivity contribution < 1.29 is 9.53 Å². The Bertz CT molecular complexity index is 348. The number of nitrogens with one attached hydrogen (secondary N) is 2. The van der Waals surface area contributed by atoms with Crippen LogP contribution in [0.5, 0.6) is 0 Å². The van der Waals surface area contributed by atoms with Crippen molar-refractivity contribution in [3.63, 3.8) is 0 Å². The number of amides is 2. The lowest BCUT2D eigenvalue weighted by Gasteiger charge is -2.34. The van der Waals surface area contributed by atoms with E-state index in [9.17, 15) is 4.79 Å². The number of hydrogen-bond acceptors (Lipinski definition) is 3. The molecule has 23 heavy (non-hydrogen) atoms. The molecule has 2 saturated heterocycles. The van der Waals surface area contributed by atoms with E-state index in [0.29, 0.717) is 12.0 Å². The highest BCUT2D eigenvalue weighted by Crippen LogP contribution is 2.17. The summed E-state index contributed by atoms with van der Waals surface area (Å²) in [7, 11) is 0. The first-order chi connectivity index (χ1) is 11.1. The maximum atomic E-state index is 12.2. The number of urea groups is 1. The molecule has 2 N–H and O–H groups in total. The Kier molecular flexibility index (Phi) is 7.63. The normalized spacial score (nSPS) is 25.8. The third-order valence-corrected chi connectivity index (χ3v) is 5.23. The fourth-order valence-corrected chi connectivity index (χ4v) is 3.76. The van der Waals surface area contributed by atoms with Crippen molar-refractivity contribution >= 4 is 6.03 Å². The maximum absolute atomic E-state index is 12.2. The number of ether oxygens (including phenoxy) is 1. The van der Waals surface area contributed by atoms with Crippen LogP contribution in [-0.2, 0) is 4.74 Å². The van der Waals surface area contributed by atoms with E-state index < -0.39 is 0 Å². The fraction of sp³-hybridized carbons (Fsp3) is 0.944. The SMILES string of the molecule is CC(C)C(CNC(=O)NC(C)C1CCCO1)N1CCCCCC1. The number of carbonyl (C=O) groups is 1. The second kappa shape index (κ2) is 9.48. The molecule has 2 aliphatic heterocycles. The number of carbonyl (C=O) groups excluding carboxylic acids is 1. The van der Waals surface area contributed by atoms with E-state index in [2.05, 4.69) is 29.4 Å². The molecule has 5 heteroatoms. The molecule has 0 saturated carbocycles. The van der Waals surface area contributed by atoms with Crippen molar-refractivity contribution in [2.24, 2.45) is 5.92 Å². The standard InChI is InChI=1S/C18H35N3O2/c1-14(2)16(21-10-6-4-5-7-11-21)13-19-18(22)20-15(3)17-9-8-12-23-17/h14-17H,4-13H2,1-3H3,(H2,19,20,22). The van der Waals surface area contributed by atoms with Gasteiger partial charge in [-0.15, -0.1) is 0 Å². The lowest BCUT2D eigenvalue weighted by Crippen LogP contribution is -2.51. The van der Waals surface area contributed by atoms with E-state index in [-0.39, 0.29) is 18.2 Å². The molecule has 2 heterocycles. The summed E-state index contributed by atoms with van der Waals surface area (Å²) in [5.74, 6) is 0.545. The predicted molar refractivity (Wildman–Crippen MR) is 93.6 cm³/mol. The summed E-state index contributed by atoms with van der Waals surface area (Å²) in [4.78, 5) is 14.8. The number of rotatable bonds is 6. The van der Waals surface area contributed by atoms with Crippen molar-refractivity contribution in [3.05, 3.63) is 0 Å². The van der Waals surface area contributed by atoms with Crippen LogP contribution in [0, 0.1) is 5.92 Å². The molecule has 0 aromatic heterocycles. The van der Waals surface area contributed by atoms with Gasteiger partial charge in [0.2, 0.25) is 0 Å². The zero-order valence-corrected chi connectivity index (χ0v) is 15.1. The summed E-state index contributed by atoms with van der Waals surface area (Å²) in [6.07, 6.45) is 7.57. The summed E-state index contributed by atoms with van der Waals surface area (Å²) < 4.78 is 5.64. The van der Waals surface area contributed by atoms with E-state index in [0.717, 1.165) is 26.0 Å². The summed E-state index contributed by atoms with van der Waals surface area (Å²) in [6.45, 7) is 10.4. The molecule has 2 rings (SSSR count). The van der Waals surface area contributed by atoms with Crippen molar-refractivity contribution in [1.29, 1.82) is 0 Å². The largest absolute Gasteiger partial charge is 0.376 e. The van der Waals surface area contributed by atoms with Gasteiger partial charge in [0.05, 0.1) is 12.1 Å². The average Bonchev–Trinajstić information content (AvgIpc) is 2.92. The van der Waals surface area contributed by atoms with E-state index in [1.807, 2.05) is 6.92 Å². The summed E-state index contributed by atoms with van der Waals surface area (Å²) in [5, 5.41) is 6.13. The molecule has 0 aromatic rings. The van der Waals surface area contributed by atoms with E-state index in [1.165, 1.54) is 38.8 Å². The van der Waals surface area contributed by atoms with Crippen molar-refractivity contribution in [2.45, 2.75) is 77.5 Å². The highest BCUT2D eigenvalue weighted by Gasteiger charge is 2.25. The first-order valence-electron chi connectivity index (χ1n) is 9.48. The van der Waals surface area contributed by atoms with Gasteiger partial charge in [-0.05, 0) is 51.6 Å². The lowest BCUT2D eigenvalue weighted by molar-refractivity contribution is 0.0856. The minimum absolute atomic E-state index is 0.0616. The molecule has 0 radical (unpaired) electrons. The van der Waals surface area contributed by atoms with Crippen LogP contribution in [0.4, 0.5) is 4.79 Å². The number of hydrogen-bond donors (Lipinski definition) is 2. The van der Waals surface area contributed by atoms with Crippen LogP contribution in [0.15, 0.2) is 0 Å². The number of nitrogens with zero attached hydrogens (tertiary/aromatic N) is 1. The summed E-state index contributed by atoms with van der Waals surface area (Å²) in [5.41, 5.74) is 0. The molecule has 5 nitrogen and oxygen atoms in total. The van der Waals surface area contributed by atoms with Crippen LogP contribution in [0.2, 0.25) is 0 Å². The van der Waals surface area contributed by atoms with Crippen LogP contribution in [0.3, 0.4) is 0 Å². The van der Waals surface area contributed by atoms with Crippen molar-refractivity contribution in [1.82, 2.24) is 15.5 Å². The molecule has 2 fully saturated rings. The molecule has 0 spiro atoms. The monoisotopic (exact) mass is 325 g/mol. The quantitative estimate of drug-likeness (QED) is 0.789. The molecular weight excluding hydrogens is 290 g/mol. The smallest absolute Gasteiger partial charge is 0.315 e. The zero-order chi connectivity index (χ0) is 16.7. The molecular formula is C18H35N3O2. The molecule has 2 amide bonds. The van der Waals surface area contributed by atoms with E-state index in [1.54, 1.807) is 0 Å². The van der Waals surface area contributed by atoms with Crippen LogP contribution >= 0.6 is 0 Å². The molecule has 0 aliphatic carbocycles. The van der Waals surface area contributed by atoms with Gasteiger partial charge in [0.15, 0.2) is 0 Å². The Hall–Kier alpha value is -0.810. The van der Waals surface area contributed by atoms with Crippen LogP contribution < -0.4 is 10.6 Å². The van der Waals surface area contributed by atoms with Crippen LogP contribution in [0.25, 0.3) is 0 Å². The van der Waals surface area contributed by atoms with Gasteiger partial charge in [0, 0.05) is 19.2 Å². The third-order valence-electron chi connectivity index (χ3n) is 5.23. The Morgan fingerprint density at radius 1 is 1.13 bits per heavy atom. The molecule has 2 aliphatic rings. The Labute approximate surface area is 141 Å². The Morgan fingerprint density at radius 2 is 1.83 bits per heavy atom. The van der Waals surface area contributed by atoms with Gasteiger partial charge in [-0.1, -0.05) is 26.7 Å². The van der Waals surface area contributed by atoms with Crippen molar-refractivity contribution in [2.75, 3.05) is 26.2 Å². The van der Waals surface area contributed by atoms with Gasteiger partial charge in [0.1, 0.15) is 0 Å². The minimum atomic E-state index is -0.0616. The maximum Gasteiger partial charge on any atom is 0.315 e. The lowest BCUT2D eigenvalue weighted by atomic mass is 10.0. The first-order valence-corrected chi connectivity index (χ1v) is 9.48. The van der Waals surface area contributed by atoms with Gasteiger partial charge >= 0.3 is 6.03 Å². The topological polar surface area (TPSA) is 53.6 Å². The molecule has 3 atom stereocenters. The van der Waals surface area contributed by atoms with Gasteiger partial charge in [0.25, 0.3) is 0 Å². The summed E-state index contributed by atoms with van der Waals surface area (Å²) in [6, 6.07) is 0.443. The summed E-state index contributed by atoms with van der Waals surface area (Å²) >= 11 is 0. The second-order valence-corrected chi connectivity index (χ2v) is 7.46. The highest BCUT2D eigenvalue weighted by atomic mass is 16.5. The van der Waals surface area contributed by atoms with E-state index in [4.69, 9.17) is 4.74 Å². The molecule has 134 valence electrons. The average molecular weight is 325 g/mol. The highest BCUT2D eigenvalue weighted by molar-refractivity contribution is 5.74. The second-order valence-electron chi connectivity index (χ2n) is 7.46. The zero-order valence-electron chi connectivity index (χ0n) is 15.1. The fourth-order valence-electron chi connectivity index (χ4n) is 3.76. The van der Waals surface area contributed by atoms with Crippen LogP contribution in [-0.4, -0.2) is 55.4 Å². The molecule has 3 unspecified atom stereocenters. The third kappa shape index (κ3) is 5.96. The van der Waals surface area contributed by atoms with Gasteiger partial charge in [-0.3, -0.25) is 4.90 Å². The van der Waals surface area contributed by atoms with Gasteiger partial charge in [-0.2, -0.15) is 0 Å². The number of likely N-dealkylation sites (tertiary alicyclic amines) is 1. The van der Waals surface area contributed by atoms with E-state index >= 15 is 0 Å². The Morgan fingerprint density at radius 3 is 2.39 bits per heavy atom. The first kappa shape index (κ1) is 18.5. The van der Waals surface area contributed by atoms with Gasteiger partial charge < -0.3 is 15.4 Å². The predicted octanol–water partition coefficient (Wildman–Crippen LogP) is 2.75.